The summed E-state index contributed by atoms with van der Waals surface area (Å²) in [7, 11) is -2.55. The number of ether oxygens (including phenoxy) is 4. The Morgan fingerprint density at radius 3 is 1.14 bits per heavy atom. The van der Waals surface area contributed by atoms with E-state index in [2.05, 4.69) is 0 Å². The summed E-state index contributed by atoms with van der Waals surface area (Å²) in [6.07, 6.45) is -6.36. The lowest BCUT2D eigenvalue weighted by Crippen LogP contribution is -2.55. The van der Waals surface area contributed by atoms with Gasteiger partial charge in [-0.3, -0.25) is 0 Å². The second kappa shape index (κ2) is 17.7. The Balaban J connectivity index is 1.85. The highest BCUT2D eigenvalue weighted by atomic mass is 28.4. The van der Waals surface area contributed by atoms with Crippen LogP contribution < -0.4 is 0 Å². The molecule has 11 heteroatoms. The van der Waals surface area contributed by atoms with Gasteiger partial charge in [-0.25, -0.2) is 19.2 Å². The maximum absolute atomic E-state index is 13.8. The molecule has 4 atom stereocenters. The van der Waals surface area contributed by atoms with E-state index in [1.165, 1.54) is 36.4 Å². The van der Waals surface area contributed by atoms with Crippen LogP contribution >= 0.6 is 0 Å². The van der Waals surface area contributed by atoms with E-state index in [4.69, 9.17) is 23.4 Å². The van der Waals surface area contributed by atoms with Crippen molar-refractivity contribution in [1.82, 2.24) is 0 Å². The zero-order valence-electron chi connectivity index (χ0n) is 29.4. The van der Waals surface area contributed by atoms with Crippen molar-refractivity contribution in [3.63, 3.8) is 0 Å². The number of benzene rings is 4. The Labute approximate surface area is 299 Å². The molecule has 0 saturated carbocycles. The molecule has 4 aromatic rings. The molecule has 0 radical (unpaired) electrons. The lowest BCUT2D eigenvalue weighted by atomic mass is 10.0. The maximum Gasteiger partial charge on any atom is 0.338 e. The molecule has 0 aliphatic rings. The summed E-state index contributed by atoms with van der Waals surface area (Å²) in [5.41, 5.74) is 0.651. The van der Waals surface area contributed by atoms with Crippen molar-refractivity contribution in [2.75, 3.05) is 13.2 Å². The molecule has 0 saturated heterocycles. The van der Waals surface area contributed by atoms with Gasteiger partial charge in [-0.05, 0) is 66.7 Å². The maximum atomic E-state index is 13.8. The number of carbonyl (C=O) groups is 4. The molecule has 1 N–H and O–H groups in total. The van der Waals surface area contributed by atoms with Crippen LogP contribution in [0.4, 0.5) is 0 Å². The number of esters is 4. The highest BCUT2D eigenvalue weighted by Crippen LogP contribution is 2.37. The molecule has 0 aliphatic carbocycles. The molecule has 0 amide bonds. The van der Waals surface area contributed by atoms with Gasteiger partial charge in [-0.15, -0.1) is 0 Å². The van der Waals surface area contributed by atoms with E-state index in [1.54, 1.807) is 84.9 Å². The first-order valence-corrected chi connectivity index (χ1v) is 19.5. The third kappa shape index (κ3) is 10.7. The van der Waals surface area contributed by atoms with Crippen molar-refractivity contribution in [1.29, 1.82) is 0 Å². The average Bonchev–Trinajstić information content (AvgIpc) is 3.14. The zero-order valence-corrected chi connectivity index (χ0v) is 30.4. The van der Waals surface area contributed by atoms with Gasteiger partial charge < -0.3 is 28.5 Å². The highest BCUT2D eigenvalue weighted by Gasteiger charge is 2.46. The predicted molar refractivity (Wildman–Crippen MR) is 193 cm³/mol. The number of aliphatic hydroxyl groups excluding tert-OH is 1. The Kier molecular flexibility index (Phi) is 13.4. The van der Waals surface area contributed by atoms with E-state index in [-0.39, 0.29) is 33.9 Å². The van der Waals surface area contributed by atoms with Crippen molar-refractivity contribution in [3.8, 4) is 0 Å². The van der Waals surface area contributed by atoms with Gasteiger partial charge in [-0.2, -0.15) is 0 Å². The lowest BCUT2D eigenvalue weighted by Gasteiger charge is -2.39. The Morgan fingerprint density at radius 1 is 0.529 bits per heavy atom. The fourth-order valence-corrected chi connectivity index (χ4v) is 5.73. The smallest absolute Gasteiger partial charge is 0.338 e. The van der Waals surface area contributed by atoms with Crippen molar-refractivity contribution in [2.45, 2.75) is 63.3 Å². The quantitative estimate of drug-likeness (QED) is 0.0788. The fourth-order valence-electron chi connectivity index (χ4n) is 4.71. The standard InChI is InChI=1S/C40H44O10Si/c1-40(2,3)51(4,5)46-27-33(48-37(43)29-20-12-7-13-21-29)35(50-39(45)31-24-16-9-17-25-31)34(49-38(44)30-22-14-8-15-23-30)32(26-41)47-36(42)28-18-10-6-11-19-28/h6-25,32-35,41H,26-27H2,1-5H3/t32-,33-,34-,35-/m1/s1. The molecule has 0 aromatic heterocycles. The van der Waals surface area contributed by atoms with Gasteiger partial charge in [0.25, 0.3) is 0 Å². The van der Waals surface area contributed by atoms with Crippen molar-refractivity contribution in [3.05, 3.63) is 144 Å². The van der Waals surface area contributed by atoms with Crippen LogP contribution in [0.25, 0.3) is 0 Å². The second-order valence-electron chi connectivity index (χ2n) is 13.3. The molecule has 4 rings (SSSR count). The third-order valence-corrected chi connectivity index (χ3v) is 13.2. The van der Waals surface area contributed by atoms with Gasteiger partial charge in [0.15, 0.2) is 32.7 Å². The molecule has 0 unspecified atom stereocenters. The largest absolute Gasteiger partial charge is 0.452 e. The van der Waals surface area contributed by atoms with Crippen LogP contribution in [0.2, 0.25) is 18.1 Å². The molecular formula is C40H44O10Si. The number of aliphatic hydroxyl groups is 1. The minimum Gasteiger partial charge on any atom is -0.452 e. The summed E-state index contributed by atoms with van der Waals surface area (Å²) in [5, 5.41) is 10.5. The SMILES string of the molecule is CC(C)(C)[Si](C)(C)OC[C@@H](OC(=O)c1ccccc1)[C@@H](OC(=O)c1ccccc1)[C@H](OC(=O)c1ccccc1)[C@@H](CO)OC(=O)c1ccccc1. The molecule has 10 nitrogen and oxygen atoms in total. The highest BCUT2D eigenvalue weighted by molar-refractivity contribution is 6.74. The van der Waals surface area contributed by atoms with Crippen LogP contribution in [-0.2, 0) is 23.4 Å². The third-order valence-electron chi connectivity index (χ3n) is 8.69. The van der Waals surface area contributed by atoms with Crippen molar-refractivity contribution < 1.29 is 47.7 Å². The minimum absolute atomic E-state index is 0.136. The number of hydrogen-bond donors (Lipinski definition) is 1. The van der Waals surface area contributed by atoms with E-state index < -0.39 is 63.2 Å². The number of hydrogen-bond acceptors (Lipinski definition) is 10. The molecule has 51 heavy (non-hydrogen) atoms. The van der Waals surface area contributed by atoms with Crippen molar-refractivity contribution >= 4 is 32.2 Å². The normalized spacial score (nSPS) is 13.9. The molecule has 0 bridgehead atoms. The van der Waals surface area contributed by atoms with Gasteiger partial charge in [-0.1, -0.05) is 93.6 Å². The topological polar surface area (TPSA) is 135 Å². The van der Waals surface area contributed by atoms with Crippen LogP contribution in [0.3, 0.4) is 0 Å². The first-order chi connectivity index (χ1) is 24.3. The van der Waals surface area contributed by atoms with Crippen molar-refractivity contribution in [2.24, 2.45) is 0 Å². The lowest BCUT2D eigenvalue weighted by molar-refractivity contribution is -0.136. The van der Waals surface area contributed by atoms with Crippen LogP contribution in [0, 0.1) is 0 Å². The Hall–Kier alpha value is -5.10. The molecule has 0 heterocycles. The molecule has 0 spiro atoms. The summed E-state index contributed by atoms with van der Waals surface area (Å²) in [6.45, 7) is 8.96. The molecular weight excluding hydrogens is 669 g/mol. The first-order valence-electron chi connectivity index (χ1n) is 16.6. The van der Waals surface area contributed by atoms with Gasteiger partial charge in [0, 0.05) is 0 Å². The minimum atomic E-state index is -2.55. The predicted octanol–water partition coefficient (Wildman–Crippen LogP) is 6.90. The molecule has 0 fully saturated rings. The Bertz CT molecular complexity index is 1730. The summed E-state index contributed by atoms with van der Waals surface area (Å²) in [4.78, 5) is 54.5. The molecule has 0 aliphatic heterocycles. The summed E-state index contributed by atoms with van der Waals surface area (Å²) in [5.74, 6) is -3.32. The number of rotatable bonds is 15. The summed E-state index contributed by atoms with van der Waals surface area (Å²) in [6, 6.07) is 32.3. The van der Waals surface area contributed by atoms with E-state index in [0.29, 0.717) is 0 Å². The first kappa shape index (κ1) is 38.7. The van der Waals surface area contributed by atoms with Crippen LogP contribution in [0.5, 0.6) is 0 Å². The van der Waals surface area contributed by atoms with Crippen LogP contribution in [-0.4, -0.2) is 74.9 Å². The molecule has 268 valence electrons. The Morgan fingerprint density at radius 2 is 0.824 bits per heavy atom. The van der Waals surface area contributed by atoms with E-state index in [0.717, 1.165) is 0 Å². The monoisotopic (exact) mass is 712 g/mol. The average molecular weight is 713 g/mol. The van der Waals surface area contributed by atoms with E-state index in [1.807, 2.05) is 33.9 Å². The van der Waals surface area contributed by atoms with Gasteiger partial charge >= 0.3 is 23.9 Å². The second-order valence-corrected chi connectivity index (χ2v) is 18.2. The fraction of sp³-hybridized carbons (Fsp3) is 0.300. The van der Waals surface area contributed by atoms with Gasteiger partial charge in [0.05, 0.1) is 35.5 Å². The zero-order chi connectivity index (χ0) is 37.0. The number of carbonyl (C=O) groups excluding carboxylic acids is 4. The van der Waals surface area contributed by atoms with Crippen LogP contribution in [0.15, 0.2) is 121 Å². The van der Waals surface area contributed by atoms with Gasteiger partial charge in [0.2, 0.25) is 0 Å². The summed E-state index contributed by atoms with van der Waals surface area (Å²) >= 11 is 0. The van der Waals surface area contributed by atoms with E-state index in [9.17, 15) is 24.3 Å². The van der Waals surface area contributed by atoms with Crippen LogP contribution in [0.1, 0.15) is 62.2 Å². The van der Waals surface area contributed by atoms with Gasteiger partial charge in [0.1, 0.15) is 0 Å². The van der Waals surface area contributed by atoms with E-state index >= 15 is 0 Å². The summed E-state index contributed by atoms with van der Waals surface area (Å²) < 4.78 is 30.4. The molecule has 4 aromatic carbocycles.